The van der Waals surface area contributed by atoms with Crippen molar-refractivity contribution in [3.05, 3.63) is 35.4 Å². The number of aryl methyl sites for hydroxylation is 1. The predicted molar refractivity (Wildman–Crippen MR) is 85.6 cm³/mol. The molecule has 0 spiro atoms. The lowest BCUT2D eigenvalue weighted by Crippen LogP contribution is -2.40. The Bertz CT molecular complexity index is 545. The van der Waals surface area contributed by atoms with Crippen LogP contribution in [0.1, 0.15) is 36.8 Å². The third-order valence-corrected chi connectivity index (χ3v) is 4.49. The average Bonchev–Trinajstić information content (AvgIpc) is 2.57. The number of nitrogens with zero attached hydrogens (tertiary/aromatic N) is 1. The first kappa shape index (κ1) is 18.8. The Hall–Kier alpha value is -1.56. The van der Waals surface area contributed by atoms with Crippen LogP contribution in [0.25, 0.3) is 0 Å². The minimum atomic E-state index is -4.30. The topological polar surface area (TPSA) is 29.5 Å². The van der Waals surface area contributed by atoms with Crippen LogP contribution in [0, 0.1) is 5.92 Å². The average molecular weight is 343 g/mol. The summed E-state index contributed by atoms with van der Waals surface area (Å²) < 4.78 is 43.2. The fourth-order valence-corrected chi connectivity index (χ4v) is 3.15. The molecule has 134 valence electrons. The second-order valence-corrected chi connectivity index (χ2v) is 6.33. The van der Waals surface area contributed by atoms with Crippen LogP contribution < -0.4 is 0 Å². The van der Waals surface area contributed by atoms with Gasteiger partial charge in [0, 0.05) is 20.2 Å². The van der Waals surface area contributed by atoms with Crippen molar-refractivity contribution < 1.29 is 22.7 Å². The molecule has 0 N–H and O–H groups in total. The number of hydrogen-bond donors (Lipinski definition) is 0. The second kappa shape index (κ2) is 8.51. The summed E-state index contributed by atoms with van der Waals surface area (Å²) in [6.45, 7) is 1.88. The molecule has 24 heavy (non-hydrogen) atoms. The highest BCUT2D eigenvalue weighted by molar-refractivity contribution is 5.76. The van der Waals surface area contributed by atoms with E-state index in [9.17, 15) is 18.0 Å². The summed E-state index contributed by atoms with van der Waals surface area (Å²) in [5, 5.41) is 0. The third kappa shape index (κ3) is 5.51. The fraction of sp³-hybridized carbons (Fsp3) is 0.611. The number of rotatable bonds is 6. The highest BCUT2D eigenvalue weighted by atomic mass is 19.4. The number of hydrogen-bond acceptors (Lipinski definition) is 2. The van der Waals surface area contributed by atoms with E-state index in [1.807, 2.05) is 4.90 Å². The van der Waals surface area contributed by atoms with E-state index in [1.54, 1.807) is 13.2 Å². The van der Waals surface area contributed by atoms with Gasteiger partial charge in [0.05, 0.1) is 18.6 Å². The van der Waals surface area contributed by atoms with E-state index in [2.05, 4.69) is 0 Å². The van der Waals surface area contributed by atoms with Crippen LogP contribution in [0.5, 0.6) is 0 Å². The van der Waals surface area contributed by atoms with Gasteiger partial charge in [0.25, 0.3) is 0 Å². The standard InChI is InChI=1S/C18H24F3NO2/c1-24-11-9-17(23)22-10-3-5-15(13-22)8-7-14-4-2-6-16(12-14)18(19,20)21/h2,4,6,12,15H,3,5,7-11,13H2,1H3/t15-/m0/s1. The van der Waals surface area contributed by atoms with E-state index in [-0.39, 0.29) is 5.91 Å². The summed E-state index contributed by atoms with van der Waals surface area (Å²) >= 11 is 0. The number of alkyl halides is 3. The Kier molecular flexibility index (Phi) is 6.66. The van der Waals surface area contributed by atoms with Crippen LogP contribution in [0.2, 0.25) is 0 Å². The number of piperidine rings is 1. The Morgan fingerprint density at radius 1 is 1.38 bits per heavy atom. The molecule has 0 saturated carbocycles. The minimum Gasteiger partial charge on any atom is -0.384 e. The van der Waals surface area contributed by atoms with E-state index < -0.39 is 11.7 Å². The summed E-state index contributed by atoms with van der Waals surface area (Å²) in [4.78, 5) is 13.9. The summed E-state index contributed by atoms with van der Waals surface area (Å²) in [6, 6.07) is 5.52. The molecule has 1 aliphatic heterocycles. The number of benzene rings is 1. The molecule has 2 rings (SSSR count). The van der Waals surface area contributed by atoms with Crippen molar-refractivity contribution in [2.75, 3.05) is 26.8 Å². The molecule has 0 radical (unpaired) electrons. The zero-order valence-electron chi connectivity index (χ0n) is 13.9. The lowest BCUT2D eigenvalue weighted by atomic mass is 9.91. The lowest BCUT2D eigenvalue weighted by molar-refractivity contribution is -0.137. The first-order chi connectivity index (χ1) is 11.4. The zero-order valence-corrected chi connectivity index (χ0v) is 13.9. The quantitative estimate of drug-likeness (QED) is 0.784. The van der Waals surface area contributed by atoms with Gasteiger partial charge in [-0.15, -0.1) is 0 Å². The van der Waals surface area contributed by atoms with E-state index >= 15 is 0 Å². The lowest BCUT2D eigenvalue weighted by Gasteiger charge is -2.33. The smallest absolute Gasteiger partial charge is 0.384 e. The van der Waals surface area contributed by atoms with Crippen molar-refractivity contribution >= 4 is 5.91 Å². The van der Waals surface area contributed by atoms with Crippen LogP contribution in [0.4, 0.5) is 13.2 Å². The first-order valence-electron chi connectivity index (χ1n) is 8.33. The number of halogens is 3. The van der Waals surface area contributed by atoms with Crippen molar-refractivity contribution in [3.63, 3.8) is 0 Å². The molecule has 1 aromatic rings. The highest BCUT2D eigenvalue weighted by Gasteiger charge is 2.30. The van der Waals surface area contributed by atoms with Gasteiger partial charge in [-0.1, -0.05) is 18.2 Å². The summed E-state index contributed by atoms with van der Waals surface area (Å²) in [7, 11) is 1.57. The van der Waals surface area contributed by atoms with Gasteiger partial charge >= 0.3 is 6.18 Å². The van der Waals surface area contributed by atoms with E-state index in [0.29, 0.717) is 37.5 Å². The molecule has 0 aliphatic carbocycles. The van der Waals surface area contributed by atoms with Crippen LogP contribution in [-0.2, 0) is 22.1 Å². The van der Waals surface area contributed by atoms with Crippen LogP contribution >= 0.6 is 0 Å². The van der Waals surface area contributed by atoms with Crippen LogP contribution in [0.3, 0.4) is 0 Å². The van der Waals surface area contributed by atoms with E-state index in [4.69, 9.17) is 4.74 Å². The summed E-state index contributed by atoms with van der Waals surface area (Å²) in [6.07, 6.45) is -0.536. The number of carbonyl (C=O) groups excluding carboxylic acids is 1. The molecular formula is C18H24F3NO2. The maximum Gasteiger partial charge on any atom is 0.416 e. The molecule has 0 unspecified atom stereocenters. The minimum absolute atomic E-state index is 0.0978. The van der Waals surface area contributed by atoms with E-state index in [1.165, 1.54) is 12.1 Å². The normalized spacial score (nSPS) is 18.7. The Morgan fingerprint density at radius 2 is 2.17 bits per heavy atom. The molecule has 0 bridgehead atoms. The van der Waals surface area contributed by atoms with Gasteiger partial charge in [-0.3, -0.25) is 4.79 Å². The van der Waals surface area contributed by atoms with E-state index in [0.717, 1.165) is 31.9 Å². The second-order valence-electron chi connectivity index (χ2n) is 6.33. The van der Waals surface area contributed by atoms with Gasteiger partial charge in [0.1, 0.15) is 0 Å². The molecule has 1 atom stereocenters. The van der Waals surface area contributed by atoms with Gasteiger partial charge in [-0.2, -0.15) is 13.2 Å². The molecule has 6 heteroatoms. The predicted octanol–water partition coefficient (Wildman–Crippen LogP) is 3.91. The van der Waals surface area contributed by atoms with Crippen LogP contribution in [0.15, 0.2) is 24.3 Å². The van der Waals surface area contributed by atoms with Crippen molar-refractivity contribution in [1.82, 2.24) is 4.90 Å². The molecule has 1 aliphatic rings. The zero-order chi connectivity index (χ0) is 17.6. The largest absolute Gasteiger partial charge is 0.416 e. The first-order valence-corrected chi connectivity index (χ1v) is 8.33. The molecule has 1 fully saturated rings. The Balaban J connectivity index is 1.87. The highest BCUT2D eigenvalue weighted by Crippen LogP contribution is 2.30. The molecule has 3 nitrogen and oxygen atoms in total. The van der Waals surface area contributed by atoms with Crippen LogP contribution in [-0.4, -0.2) is 37.6 Å². The molecule has 1 heterocycles. The van der Waals surface area contributed by atoms with Gasteiger partial charge in [-0.05, 0) is 43.2 Å². The maximum atomic E-state index is 12.8. The Labute approximate surface area is 140 Å². The SMILES string of the molecule is COCCC(=O)N1CCC[C@@H](CCc2cccc(C(F)(F)F)c2)C1. The molecule has 1 aromatic carbocycles. The maximum absolute atomic E-state index is 12.8. The number of carbonyl (C=O) groups is 1. The van der Waals surface area contributed by atoms with Crippen molar-refractivity contribution in [2.45, 2.75) is 38.3 Å². The monoisotopic (exact) mass is 343 g/mol. The van der Waals surface area contributed by atoms with Crippen molar-refractivity contribution in [2.24, 2.45) is 5.92 Å². The molecule has 1 saturated heterocycles. The van der Waals surface area contributed by atoms with Gasteiger partial charge < -0.3 is 9.64 Å². The number of likely N-dealkylation sites (tertiary alicyclic amines) is 1. The summed E-state index contributed by atoms with van der Waals surface area (Å²) in [5.74, 6) is 0.445. The number of methoxy groups -OCH3 is 1. The van der Waals surface area contributed by atoms with Crippen molar-refractivity contribution in [1.29, 1.82) is 0 Å². The fourth-order valence-electron chi connectivity index (χ4n) is 3.15. The molecule has 0 aromatic heterocycles. The van der Waals surface area contributed by atoms with Gasteiger partial charge in [0.15, 0.2) is 0 Å². The third-order valence-electron chi connectivity index (χ3n) is 4.49. The van der Waals surface area contributed by atoms with Crippen molar-refractivity contribution in [3.8, 4) is 0 Å². The number of amides is 1. The number of ether oxygens (including phenoxy) is 1. The summed E-state index contributed by atoms with van der Waals surface area (Å²) in [5.41, 5.74) is 0.104. The van der Waals surface area contributed by atoms with Gasteiger partial charge in [0.2, 0.25) is 5.91 Å². The molecule has 1 amide bonds. The molecular weight excluding hydrogens is 319 g/mol. The van der Waals surface area contributed by atoms with Gasteiger partial charge in [-0.25, -0.2) is 0 Å². The Morgan fingerprint density at radius 3 is 2.88 bits per heavy atom.